The maximum absolute atomic E-state index is 6.48. The van der Waals surface area contributed by atoms with Gasteiger partial charge in [0.05, 0.1) is 5.38 Å². The van der Waals surface area contributed by atoms with Crippen LogP contribution >= 0.6 is 11.6 Å². The molecule has 2 unspecified atom stereocenters. The zero-order chi connectivity index (χ0) is 13.8. The molecular weight excluding hydrogens is 240 g/mol. The Bertz CT molecular complexity index is 350. The first-order chi connectivity index (χ1) is 8.40. The van der Waals surface area contributed by atoms with Gasteiger partial charge in [0.25, 0.3) is 0 Å². The van der Waals surface area contributed by atoms with Gasteiger partial charge in [-0.3, -0.25) is 0 Å². The number of halogens is 1. The van der Waals surface area contributed by atoms with E-state index in [0.717, 1.165) is 12.8 Å². The molecule has 0 radical (unpaired) electrons. The van der Waals surface area contributed by atoms with Gasteiger partial charge in [0.15, 0.2) is 0 Å². The molecule has 1 heteroatoms. The minimum atomic E-state index is 0.152. The summed E-state index contributed by atoms with van der Waals surface area (Å²) in [7, 11) is 0. The second-order valence-electron chi connectivity index (χ2n) is 6.08. The lowest BCUT2D eigenvalue weighted by molar-refractivity contribution is 0.502. The molecule has 0 bridgehead atoms. The number of hydrogen-bond donors (Lipinski definition) is 0. The monoisotopic (exact) mass is 266 g/mol. The molecule has 0 saturated heterocycles. The van der Waals surface area contributed by atoms with Crippen LogP contribution in [-0.2, 0) is 5.41 Å². The van der Waals surface area contributed by atoms with Gasteiger partial charge >= 0.3 is 0 Å². The lowest BCUT2D eigenvalue weighted by Crippen LogP contribution is -2.15. The summed E-state index contributed by atoms with van der Waals surface area (Å²) >= 11 is 6.48. The summed E-state index contributed by atoms with van der Waals surface area (Å²) in [6.07, 6.45) is 3.42. The van der Waals surface area contributed by atoms with Gasteiger partial charge < -0.3 is 0 Å². The van der Waals surface area contributed by atoms with Crippen LogP contribution in [0.4, 0.5) is 0 Å². The van der Waals surface area contributed by atoms with Crippen LogP contribution in [0.1, 0.15) is 70.4 Å². The number of hydrogen-bond acceptors (Lipinski definition) is 0. The molecule has 0 amide bonds. The first kappa shape index (κ1) is 15.6. The van der Waals surface area contributed by atoms with E-state index in [4.69, 9.17) is 11.6 Å². The smallest absolute Gasteiger partial charge is 0.0587 e. The fraction of sp³-hybridized carbons (Fsp3) is 0.647. The molecule has 0 spiro atoms. The Balaban J connectivity index is 2.76. The van der Waals surface area contributed by atoms with E-state index in [0.29, 0.717) is 5.92 Å². The van der Waals surface area contributed by atoms with E-state index in [1.807, 2.05) is 0 Å². The largest absolute Gasteiger partial charge is 0.118 e. The normalized spacial score (nSPS) is 15.4. The zero-order valence-corrected chi connectivity index (χ0v) is 13.2. The molecule has 1 aromatic carbocycles. The molecule has 0 saturated carbocycles. The fourth-order valence-corrected chi connectivity index (χ4v) is 2.45. The average Bonchev–Trinajstić information content (AvgIpc) is 2.38. The summed E-state index contributed by atoms with van der Waals surface area (Å²) in [6, 6.07) is 8.88. The lowest BCUT2D eigenvalue weighted by atomic mass is 9.82. The van der Waals surface area contributed by atoms with Crippen molar-refractivity contribution in [1.29, 1.82) is 0 Å². The summed E-state index contributed by atoms with van der Waals surface area (Å²) < 4.78 is 0. The molecule has 0 fully saturated rings. The molecule has 0 heterocycles. The predicted octanol–water partition coefficient (Wildman–Crippen LogP) is 6.09. The SMILES string of the molecule is CCC(C)CC(Cl)c1ccc(C(C)(C)CC)cc1. The van der Waals surface area contributed by atoms with Gasteiger partial charge in [-0.1, -0.05) is 65.3 Å². The highest BCUT2D eigenvalue weighted by Crippen LogP contribution is 2.32. The van der Waals surface area contributed by atoms with E-state index < -0.39 is 0 Å². The maximum atomic E-state index is 6.48. The summed E-state index contributed by atoms with van der Waals surface area (Å²) in [5.74, 6) is 0.694. The van der Waals surface area contributed by atoms with E-state index in [1.54, 1.807) is 0 Å². The van der Waals surface area contributed by atoms with Gasteiger partial charge in [-0.25, -0.2) is 0 Å². The molecule has 0 aliphatic rings. The standard InChI is InChI=1S/C17H27Cl/c1-6-13(3)12-16(18)14-8-10-15(11-9-14)17(4,5)7-2/h8-11,13,16H,6-7,12H2,1-5H3. The van der Waals surface area contributed by atoms with E-state index in [2.05, 4.69) is 58.9 Å². The third kappa shape index (κ3) is 4.02. The third-order valence-electron chi connectivity index (χ3n) is 4.24. The van der Waals surface area contributed by atoms with Gasteiger partial charge in [-0.05, 0) is 35.3 Å². The Morgan fingerprint density at radius 3 is 2.11 bits per heavy atom. The Hall–Kier alpha value is -0.490. The van der Waals surface area contributed by atoms with E-state index >= 15 is 0 Å². The summed E-state index contributed by atoms with van der Waals surface area (Å²) in [4.78, 5) is 0. The van der Waals surface area contributed by atoms with Crippen molar-refractivity contribution in [3.8, 4) is 0 Å². The molecule has 2 atom stereocenters. The maximum Gasteiger partial charge on any atom is 0.0587 e. The molecule has 0 N–H and O–H groups in total. The lowest BCUT2D eigenvalue weighted by Gasteiger charge is -2.24. The van der Waals surface area contributed by atoms with Crippen molar-refractivity contribution in [3.63, 3.8) is 0 Å². The fourth-order valence-electron chi connectivity index (χ4n) is 2.00. The second kappa shape index (κ2) is 6.61. The van der Waals surface area contributed by atoms with Crippen LogP contribution in [0, 0.1) is 5.92 Å². The third-order valence-corrected chi connectivity index (χ3v) is 4.67. The minimum absolute atomic E-state index is 0.152. The molecule has 1 rings (SSSR count). The number of benzene rings is 1. The van der Waals surface area contributed by atoms with E-state index in [1.165, 1.54) is 17.5 Å². The predicted molar refractivity (Wildman–Crippen MR) is 82.4 cm³/mol. The van der Waals surface area contributed by atoms with Crippen LogP contribution in [0.15, 0.2) is 24.3 Å². The van der Waals surface area contributed by atoms with Crippen molar-refractivity contribution >= 4 is 11.6 Å². The summed E-state index contributed by atoms with van der Waals surface area (Å²) in [5.41, 5.74) is 2.92. The Labute approximate surface area is 118 Å². The van der Waals surface area contributed by atoms with Crippen molar-refractivity contribution in [2.45, 2.75) is 64.7 Å². The average molecular weight is 267 g/mol. The van der Waals surface area contributed by atoms with Gasteiger partial charge in [-0.2, -0.15) is 0 Å². The van der Waals surface area contributed by atoms with Crippen LogP contribution in [-0.4, -0.2) is 0 Å². The van der Waals surface area contributed by atoms with E-state index in [9.17, 15) is 0 Å². The van der Waals surface area contributed by atoms with Crippen molar-refractivity contribution in [2.24, 2.45) is 5.92 Å². The first-order valence-corrected chi connectivity index (χ1v) is 7.58. The minimum Gasteiger partial charge on any atom is -0.118 e. The molecular formula is C17H27Cl. The van der Waals surface area contributed by atoms with Gasteiger partial charge in [0.1, 0.15) is 0 Å². The second-order valence-corrected chi connectivity index (χ2v) is 6.60. The zero-order valence-electron chi connectivity index (χ0n) is 12.5. The summed E-state index contributed by atoms with van der Waals surface area (Å²) in [5, 5.41) is 0.152. The van der Waals surface area contributed by atoms with Gasteiger partial charge in [0.2, 0.25) is 0 Å². The van der Waals surface area contributed by atoms with Crippen molar-refractivity contribution in [1.82, 2.24) is 0 Å². The Kier molecular flexibility index (Phi) is 5.72. The van der Waals surface area contributed by atoms with Crippen LogP contribution in [0.25, 0.3) is 0 Å². The number of rotatable bonds is 6. The molecule has 18 heavy (non-hydrogen) atoms. The van der Waals surface area contributed by atoms with Gasteiger partial charge in [0, 0.05) is 0 Å². The van der Waals surface area contributed by atoms with Crippen LogP contribution in [0.5, 0.6) is 0 Å². The van der Waals surface area contributed by atoms with Gasteiger partial charge in [-0.15, -0.1) is 11.6 Å². The molecule has 102 valence electrons. The number of alkyl halides is 1. The van der Waals surface area contributed by atoms with Crippen molar-refractivity contribution < 1.29 is 0 Å². The topological polar surface area (TPSA) is 0 Å². The van der Waals surface area contributed by atoms with E-state index in [-0.39, 0.29) is 10.8 Å². The molecule has 0 aromatic heterocycles. The molecule has 1 aromatic rings. The quantitative estimate of drug-likeness (QED) is 0.547. The van der Waals surface area contributed by atoms with Crippen molar-refractivity contribution in [2.75, 3.05) is 0 Å². The van der Waals surface area contributed by atoms with Crippen LogP contribution in [0.2, 0.25) is 0 Å². The highest BCUT2D eigenvalue weighted by atomic mass is 35.5. The highest BCUT2D eigenvalue weighted by molar-refractivity contribution is 6.20. The summed E-state index contributed by atoms with van der Waals surface area (Å²) in [6.45, 7) is 11.3. The molecule has 0 aliphatic heterocycles. The highest BCUT2D eigenvalue weighted by Gasteiger charge is 2.18. The molecule has 0 nitrogen and oxygen atoms in total. The Morgan fingerprint density at radius 2 is 1.67 bits per heavy atom. The first-order valence-electron chi connectivity index (χ1n) is 7.15. The van der Waals surface area contributed by atoms with Crippen molar-refractivity contribution in [3.05, 3.63) is 35.4 Å². The van der Waals surface area contributed by atoms with Crippen LogP contribution in [0.3, 0.4) is 0 Å². The molecule has 0 aliphatic carbocycles. The Morgan fingerprint density at radius 1 is 1.11 bits per heavy atom. The van der Waals surface area contributed by atoms with Crippen LogP contribution < -0.4 is 0 Å².